The quantitative estimate of drug-likeness (QED) is 0.918. The molecule has 0 saturated heterocycles. The van der Waals surface area contributed by atoms with Gasteiger partial charge in [0, 0.05) is 12.4 Å². The Morgan fingerprint density at radius 1 is 1.48 bits per heavy atom. The number of halogens is 3. The number of fused-ring (bicyclic) bond motifs is 1. The lowest BCUT2D eigenvalue weighted by molar-refractivity contribution is -0.185. The number of alkyl halides is 3. The van der Waals surface area contributed by atoms with Crippen LogP contribution in [-0.2, 0) is 16.1 Å². The fourth-order valence-corrected chi connectivity index (χ4v) is 1.69. The first kappa shape index (κ1) is 15.3. The highest BCUT2D eigenvalue weighted by Crippen LogP contribution is 2.15. The lowest BCUT2D eigenvalue weighted by Crippen LogP contribution is -2.36. The monoisotopic (exact) mass is 301 g/mol. The van der Waals surface area contributed by atoms with Crippen LogP contribution in [0.5, 0.6) is 0 Å². The van der Waals surface area contributed by atoms with Crippen molar-refractivity contribution in [1.82, 2.24) is 14.7 Å². The first-order valence-electron chi connectivity index (χ1n) is 6.24. The Morgan fingerprint density at radius 2 is 2.24 bits per heavy atom. The van der Waals surface area contributed by atoms with E-state index in [1.165, 1.54) is 6.92 Å². The molecule has 2 aromatic rings. The maximum absolute atomic E-state index is 12.0. The summed E-state index contributed by atoms with van der Waals surface area (Å²) >= 11 is 0. The molecule has 2 aromatic heterocycles. The van der Waals surface area contributed by atoms with Crippen LogP contribution in [0.2, 0.25) is 0 Å². The molecule has 114 valence electrons. The van der Waals surface area contributed by atoms with E-state index in [-0.39, 0.29) is 6.54 Å². The molecule has 0 saturated carbocycles. The molecule has 0 aromatic carbocycles. The second-order valence-electron chi connectivity index (χ2n) is 4.48. The van der Waals surface area contributed by atoms with Crippen LogP contribution in [0.15, 0.2) is 30.6 Å². The van der Waals surface area contributed by atoms with Crippen molar-refractivity contribution in [1.29, 1.82) is 0 Å². The summed E-state index contributed by atoms with van der Waals surface area (Å²) in [5.41, 5.74) is 1.33. The molecule has 0 bridgehead atoms. The Balaban J connectivity index is 1.85. The molecule has 0 radical (unpaired) electrons. The number of hydrogen-bond acceptors (Lipinski definition) is 3. The Kier molecular flexibility index (Phi) is 4.46. The molecule has 1 atom stereocenters. The van der Waals surface area contributed by atoms with E-state index in [9.17, 15) is 18.0 Å². The van der Waals surface area contributed by atoms with Crippen molar-refractivity contribution in [3.05, 3.63) is 36.3 Å². The molecule has 0 aliphatic heterocycles. The van der Waals surface area contributed by atoms with Crippen LogP contribution in [0.25, 0.3) is 5.65 Å². The molecule has 0 spiro atoms. The van der Waals surface area contributed by atoms with E-state index in [2.05, 4.69) is 15.0 Å². The molecule has 5 nitrogen and oxygen atoms in total. The third kappa shape index (κ3) is 4.45. The Hall–Kier alpha value is -2.09. The van der Waals surface area contributed by atoms with E-state index < -0.39 is 24.8 Å². The first-order chi connectivity index (χ1) is 9.85. The number of pyridine rings is 1. The molecular weight excluding hydrogens is 287 g/mol. The summed E-state index contributed by atoms with van der Waals surface area (Å²) in [6, 6.07) is 5.47. The molecule has 2 heterocycles. The van der Waals surface area contributed by atoms with Crippen LogP contribution < -0.4 is 5.32 Å². The van der Waals surface area contributed by atoms with Gasteiger partial charge in [-0.1, -0.05) is 6.07 Å². The van der Waals surface area contributed by atoms with E-state index >= 15 is 0 Å². The molecule has 1 N–H and O–H groups in total. The van der Waals surface area contributed by atoms with Crippen LogP contribution in [0.3, 0.4) is 0 Å². The predicted octanol–water partition coefficient (Wildman–Crippen LogP) is 1.92. The van der Waals surface area contributed by atoms with Crippen molar-refractivity contribution in [3.63, 3.8) is 0 Å². The summed E-state index contributed by atoms with van der Waals surface area (Å²) in [6.07, 6.45) is -2.08. The molecule has 0 aliphatic carbocycles. The Bertz CT molecular complexity index is 591. The smallest absolute Gasteiger partial charge is 0.359 e. The zero-order chi connectivity index (χ0) is 15.5. The van der Waals surface area contributed by atoms with Crippen molar-refractivity contribution in [3.8, 4) is 0 Å². The minimum absolute atomic E-state index is 0.125. The second-order valence-corrected chi connectivity index (χ2v) is 4.48. The number of nitrogens with zero attached hydrogens (tertiary/aromatic N) is 2. The standard InChI is InChI=1S/C13H14F3N3O2/c1-9(21-8-13(14,15)16)12(20)17-6-10-7-19-5-3-2-4-11(19)18-10/h2-5,7,9H,6,8H2,1H3,(H,17,20)/t9-/m1/s1. The molecule has 0 aliphatic rings. The van der Waals surface area contributed by atoms with Crippen molar-refractivity contribution >= 4 is 11.6 Å². The number of imidazole rings is 1. The molecule has 0 fully saturated rings. The highest BCUT2D eigenvalue weighted by molar-refractivity contribution is 5.80. The molecule has 0 unspecified atom stereocenters. The third-order valence-corrected chi connectivity index (χ3v) is 2.72. The number of hydrogen-bond donors (Lipinski definition) is 1. The number of nitrogens with one attached hydrogen (secondary N) is 1. The number of rotatable bonds is 5. The second kappa shape index (κ2) is 6.13. The van der Waals surface area contributed by atoms with Gasteiger partial charge in [0.15, 0.2) is 0 Å². The van der Waals surface area contributed by atoms with Crippen LogP contribution >= 0.6 is 0 Å². The largest absolute Gasteiger partial charge is 0.411 e. The van der Waals surface area contributed by atoms with Gasteiger partial charge < -0.3 is 14.5 Å². The Morgan fingerprint density at radius 3 is 2.90 bits per heavy atom. The average molecular weight is 301 g/mol. The van der Waals surface area contributed by atoms with Gasteiger partial charge in [0.25, 0.3) is 0 Å². The zero-order valence-corrected chi connectivity index (χ0v) is 11.2. The Labute approximate surface area is 118 Å². The maximum Gasteiger partial charge on any atom is 0.411 e. The van der Waals surface area contributed by atoms with E-state index in [0.717, 1.165) is 5.65 Å². The van der Waals surface area contributed by atoms with Gasteiger partial charge in [-0.15, -0.1) is 0 Å². The number of carbonyl (C=O) groups is 1. The highest BCUT2D eigenvalue weighted by atomic mass is 19.4. The minimum atomic E-state index is -4.45. The van der Waals surface area contributed by atoms with Gasteiger partial charge in [0.05, 0.1) is 12.2 Å². The first-order valence-corrected chi connectivity index (χ1v) is 6.24. The topological polar surface area (TPSA) is 55.6 Å². The molecule has 8 heteroatoms. The summed E-state index contributed by atoms with van der Waals surface area (Å²) in [5, 5.41) is 2.49. The van der Waals surface area contributed by atoms with E-state index in [4.69, 9.17) is 0 Å². The summed E-state index contributed by atoms with van der Waals surface area (Å²) in [6.45, 7) is -0.0546. The summed E-state index contributed by atoms with van der Waals surface area (Å²) in [4.78, 5) is 15.9. The molecular formula is C13H14F3N3O2. The maximum atomic E-state index is 12.0. The SMILES string of the molecule is C[C@@H](OCC(F)(F)F)C(=O)NCc1cn2ccccc2n1. The predicted molar refractivity (Wildman–Crippen MR) is 68.5 cm³/mol. The van der Waals surface area contributed by atoms with Crippen LogP contribution in [0, 0.1) is 0 Å². The minimum Gasteiger partial charge on any atom is -0.359 e. The van der Waals surface area contributed by atoms with E-state index in [1.807, 2.05) is 18.3 Å². The zero-order valence-electron chi connectivity index (χ0n) is 11.2. The van der Waals surface area contributed by atoms with Crippen LogP contribution in [-0.4, -0.2) is 34.2 Å². The van der Waals surface area contributed by atoms with Gasteiger partial charge >= 0.3 is 6.18 Å². The van der Waals surface area contributed by atoms with Crippen molar-refractivity contribution < 1.29 is 22.7 Å². The van der Waals surface area contributed by atoms with Gasteiger partial charge in [-0.25, -0.2) is 4.98 Å². The highest BCUT2D eigenvalue weighted by Gasteiger charge is 2.29. The lowest BCUT2D eigenvalue weighted by Gasteiger charge is -2.14. The van der Waals surface area contributed by atoms with Gasteiger partial charge in [0.1, 0.15) is 18.4 Å². The van der Waals surface area contributed by atoms with E-state index in [1.54, 1.807) is 16.7 Å². The molecule has 1 amide bonds. The molecule has 21 heavy (non-hydrogen) atoms. The van der Waals surface area contributed by atoms with Gasteiger partial charge in [-0.3, -0.25) is 4.79 Å². The van der Waals surface area contributed by atoms with Crippen molar-refractivity contribution in [2.45, 2.75) is 25.7 Å². The number of aromatic nitrogens is 2. The molecule has 2 rings (SSSR count). The number of ether oxygens (including phenoxy) is 1. The van der Waals surface area contributed by atoms with Crippen LogP contribution in [0.4, 0.5) is 13.2 Å². The van der Waals surface area contributed by atoms with Gasteiger partial charge in [-0.2, -0.15) is 13.2 Å². The lowest BCUT2D eigenvalue weighted by atomic mass is 10.3. The van der Waals surface area contributed by atoms with Crippen LogP contribution in [0.1, 0.15) is 12.6 Å². The van der Waals surface area contributed by atoms with Crippen molar-refractivity contribution in [2.24, 2.45) is 0 Å². The van der Waals surface area contributed by atoms with Gasteiger partial charge in [0.2, 0.25) is 5.91 Å². The average Bonchev–Trinajstić information content (AvgIpc) is 2.84. The summed E-state index contributed by atoms with van der Waals surface area (Å²) in [5.74, 6) is -0.615. The number of carbonyl (C=O) groups excluding carboxylic acids is 1. The van der Waals surface area contributed by atoms with E-state index in [0.29, 0.717) is 5.69 Å². The number of amides is 1. The fraction of sp³-hybridized carbons (Fsp3) is 0.385. The summed E-state index contributed by atoms with van der Waals surface area (Å²) in [7, 11) is 0. The summed E-state index contributed by atoms with van der Waals surface area (Å²) < 4.78 is 42.2. The third-order valence-electron chi connectivity index (χ3n) is 2.72. The van der Waals surface area contributed by atoms with Gasteiger partial charge in [-0.05, 0) is 19.1 Å². The fourth-order valence-electron chi connectivity index (χ4n) is 1.69. The normalized spacial score (nSPS) is 13.3. The van der Waals surface area contributed by atoms with Crippen molar-refractivity contribution in [2.75, 3.05) is 6.61 Å².